The molecule has 2 rings (SSSR count). The number of hydrogen-bond acceptors (Lipinski definition) is 3. The van der Waals surface area contributed by atoms with Crippen molar-refractivity contribution in [2.24, 2.45) is 5.92 Å². The molecule has 0 saturated heterocycles. The van der Waals surface area contributed by atoms with Gasteiger partial charge in [-0.15, -0.1) is 0 Å². The molecule has 1 unspecified atom stereocenters. The van der Waals surface area contributed by atoms with E-state index in [1.165, 1.54) is 0 Å². The maximum atomic E-state index is 13.0. The van der Waals surface area contributed by atoms with Crippen LogP contribution in [0.2, 0.25) is 0 Å². The molecule has 0 aliphatic heterocycles. The van der Waals surface area contributed by atoms with E-state index in [9.17, 15) is 13.6 Å². The van der Waals surface area contributed by atoms with E-state index < -0.39 is 12.2 Å². The molecule has 0 aromatic heterocycles. The average Bonchev–Trinajstić information content (AvgIpc) is 3.01. The van der Waals surface area contributed by atoms with Crippen LogP contribution in [-0.2, 0) is 9.53 Å². The van der Waals surface area contributed by atoms with Crippen molar-refractivity contribution in [1.82, 2.24) is 0 Å². The highest BCUT2D eigenvalue weighted by Gasteiger charge is 2.18. The number of ether oxygens (including phenoxy) is 2. The molecular formula is C31H41F2O3-. The molecule has 5 heteroatoms. The molecule has 0 heterocycles. The lowest BCUT2D eigenvalue weighted by atomic mass is 9.91. The SMILES string of the molecule is C=C(C)/C(=C\C=c1\c(OC(F)F)c(C)ccc1=C)CCC1CCC/C(=C/C(=O)OC(C)(C)[CH-]C)CC1. The Kier molecular flexibility index (Phi) is 11.1. The zero-order chi connectivity index (χ0) is 26.9. The molecule has 0 bridgehead atoms. The van der Waals surface area contributed by atoms with Crippen LogP contribution in [0, 0.1) is 19.3 Å². The highest BCUT2D eigenvalue weighted by atomic mass is 19.3. The molecule has 0 N–H and O–H groups in total. The van der Waals surface area contributed by atoms with E-state index in [2.05, 4.69) is 13.2 Å². The van der Waals surface area contributed by atoms with Crippen molar-refractivity contribution < 1.29 is 23.0 Å². The summed E-state index contributed by atoms with van der Waals surface area (Å²) in [4.78, 5) is 12.3. The largest absolute Gasteiger partial charge is 0.489 e. The molecule has 3 nitrogen and oxygen atoms in total. The number of benzene rings is 1. The summed E-state index contributed by atoms with van der Waals surface area (Å²) in [6, 6.07) is 3.54. The van der Waals surface area contributed by atoms with Crippen molar-refractivity contribution >= 4 is 18.6 Å². The molecule has 1 saturated carbocycles. The Morgan fingerprint density at radius 3 is 2.64 bits per heavy atom. The fraction of sp³-hybridized carbons (Fsp3) is 0.484. The summed E-state index contributed by atoms with van der Waals surface area (Å²) in [5, 5.41) is 1.20. The lowest BCUT2D eigenvalue weighted by molar-refractivity contribution is -0.147. The van der Waals surface area contributed by atoms with Gasteiger partial charge in [0.2, 0.25) is 0 Å². The summed E-state index contributed by atoms with van der Waals surface area (Å²) < 4.78 is 36.3. The number of alkyl halides is 2. The van der Waals surface area contributed by atoms with Crippen LogP contribution < -0.4 is 15.2 Å². The van der Waals surface area contributed by atoms with Crippen molar-refractivity contribution in [3.05, 3.63) is 70.0 Å². The standard InChI is InChI=1S/C31H41F2O3/c1-8-31(6,7)36-28(34)20-25-11-9-10-24(14-15-25)16-17-26(21(2)3)18-19-27-22(4)12-13-23(5)29(27)35-30(32)33/h8,12-13,18-20,24,30H,2,4,9-11,14-17H2,1,3,5-7H3/q-1/b25-20-,26-18-,27-19+. The molecule has 198 valence electrons. The first kappa shape index (κ1) is 29.5. The Hall–Kier alpha value is -2.69. The first-order valence-electron chi connectivity index (χ1n) is 12.7. The van der Waals surface area contributed by atoms with Gasteiger partial charge in [-0.25, -0.2) is 4.79 Å². The number of rotatable bonds is 10. The number of carbonyl (C=O) groups is 1. The summed E-state index contributed by atoms with van der Waals surface area (Å²) in [5.74, 6) is 0.442. The van der Waals surface area contributed by atoms with Gasteiger partial charge in [0.1, 0.15) is 5.75 Å². The van der Waals surface area contributed by atoms with E-state index >= 15 is 0 Å². The minimum atomic E-state index is -2.89. The number of aryl methyl sites for hydroxylation is 1. The molecule has 1 fully saturated rings. The second-order valence-electron chi connectivity index (χ2n) is 10.3. The molecule has 0 spiro atoms. The Labute approximate surface area is 215 Å². The summed E-state index contributed by atoms with van der Waals surface area (Å²) in [6.07, 6.45) is 14.2. The highest BCUT2D eigenvalue weighted by Crippen LogP contribution is 2.31. The molecule has 1 aliphatic rings. The lowest BCUT2D eigenvalue weighted by Gasteiger charge is -2.31. The van der Waals surface area contributed by atoms with E-state index in [1.807, 2.05) is 52.3 Å². The predicted molar refractivity (Wildman–Crippen MR) is 144 cm³/mol. The Balaban J connectivity index is 2.10. The molecule has 1 aliphatic carbocycles. The summed E-state index contributed by atoms with van der Waals surface area (Å²) in [7, 11) is 0. The van der Waals surface area contributed by atoms with Gasteiger partial charge in [-0.1, -0.05) is 68.9 Å². The van der Waals surface area contributed by atoms with Crippen LogP contribution in [0.15, 0.2) is 47.6 Å². The maximum absolute atomic E-state index is 13.0. The van der Waals surface area contributed by atoms with E-state index in [1.54, 1.807) is 19.1 Å². The first-order valence-corrected chi connectivity index (χ1v) is 12.7. The number of carbonyl (C=O) groups excluding carboxylic acids is 1. The zero-order valence-corrected chi connectivity index (χ0v) is 22.5. The van der Waals surface area contributed by atoms with E-state index in [0.717, 1.165) is 61.7 Å². The lowest BCUT2D eigenvalue weighted by Crippen LogP contribution is -2.27. The Bertz CT molecular complexity index is 1100. The predicted octanol–water partition coefficient (Wildman–Crippen LogP) is 7.12. The molecule has 36 heavy (non-hydrogen) atoms. The van der Waals surface area contributed by atoms with Crippen LogP contribution in [0.1, 0.15) is 78.2 Å². The van der Waals surface area contributed by atoms with Crippen molar-refractivity contribution in [3.8, 4) is 5.75 Å². The fourth-order valence-electron chi connectivity index (χ4n) is 4.38. The van der Waals surface area contributed by atoms with Crippen molar-refractivity contribution in [2.45, 2.75) is 91.8 Å². The van der Waals surface area contributed by atoms with E-state index in [0.29, 0.717) is 21.9 Å². The Morgan fingerprint density at radius 2 is 2.00 bits per heavy atom. The molecule has 1 atom stereocenters. The molecule has 1 aromatic carbocycles. The minimum absolute atomic E-state index is 0.164. The number of allylic oxidation sites excluding steroid dienone is 4. The average molecular weight is 500 g/mol. The van der Waals surface area contributed by atoms with Gasteiger partial charge in [-0.2, -0.15) is 15.7 Å². The number of hydrogen-bond donors (Lipinski definition) is 0. The number of halogens is 2. The third kappa shape index (κ3) is 9.40. The van der Waals surface area contributed by atoms with Crippen LogP contribution in [0.3, 0.4) is 0 Å². The van der Waals surface area contributed by atoms with Crippen LogP contribution in [0.4, 0.5) is 8.78 Å². The molecule has 0 amide bonds. The van der Waals surface area contributed by atoms with Gasteiger partial charge in [0.25, 0.3) is 0 Å². The van der Waals surface area contributed by atoms with Gasteiger partial charge >= 0.3 is 12.6 Å². The van der Waals surface area contributed by atoms with Gasteiger partial charge in [0.05, 0.1) is 0 Å². The third-order valence-corrected chi connectivity index (χ3v) is 6.88. The van der Waals surface area contributed by atoms with Crippen LogP contribution >= 0.6 is 0 Å². The quantitative estimate of drug-likeness (QED) is 0.113. The van der Waals surface area contributed by atoms with Crippen LogP contribution in [0.25, 0.3) is 12.7 Å². The smallest absolute Gasteiger partial charge is 0.387 e. The van der Waals surface area contributed by atoms with Gasteiger partial charge in [-0.3, -0.25) is 6.42 Å². The van der Waals surface area contributed by atoms with Gasteiger partial charge in [-0.05, 0) is 80.2 Å². The van der Waals surface area contributed by atoms with Crippen molar-refractivity contribution in [2.75, 3.05) is 0 Å². The second kappa shape index (κ2) is 13.6. The second-order valence-corrected chi connectivity index (χ2v) is 10.3. The van der Waals surface area contributed by atoms with Gasteiger partial charge in [0.15, 0.2) is 0 Å². The van der Waals surface area contributed by atoms with Gasteiger partial charge in [0, 0.05) is 11.3 Å². The summed E-state index contributed by atoms with van der Waals surface area (Å²) >= 11 is 0. The Morgan fingerprint density at radius 1 is 1.28 bits per heavy atom. The molecule has 1 aromatic rings. The van der Waals surface area contributed by atoms with Crippen molar-refractivity contribution in [1.29, 1.82) is 0 Å². The number of esters is 1. The zero-order valence-electron chi connectivity index (χ0n) is 22.5. The van der Waals surface area contributed by atoms with Crippen molar-refractivity contribution in [3.63, 3.8) is 0 Å². The normalized spacial score (nSPS) is 18.9. The first-order chi connectivity index (χ1) is 16.9. The molecular weight excluding hydrogens is 458 g/mol. The minimum Gasteiger partial charge on any atom is -0.489 e. The summed E-state index contributed by atoms with van der Waals surface area (Å²) in [6.45, 7) is 14.6. The maximum Gasteiger partial charge on any atom is 0.387 e. The van der Waals surface area contributed by atoms with Gasteiger partial charge < -0.3 is 9.47 Å². The highest BCUT2D eigenvalue weighted by molar-refractivity contribution is 5.83. The topological polar surface area (TPSA) is 35.5 Å². The molecule has 0 radical (unpaired) electrons. The monoisotopic (exact) mass is 499 g/mol. The van der Waals surface area contributed by atoms with Crippen LogP contribution in [0.5, 0.6) is 5.75 Å². The van der Waals surface area contributed by atoms with E-state index in [-0.39, 0.29) is 11.7 Å². The fourth-order valence-corrected chi connectivity index (χ4v) is 4.38. The van der Waals surface area contributed by atoms with E-state index in [4.69, 9.17) is 9.47 Å². The third-order valence-electron chi connectivity index (χ3n) is 6.88. The summed E-state index contributed by atoms with van der Waals surface area (Å²) in [5.41, 5.74) is 3.27. The van der Waals surface area contributed by atoms with Crippen LogP contribution in [-0.4, -0.2) is 18.2 Å².